The van der Waals surface area contributed by atoms with Gasteiger partial charge in [-0.05, 0) is 54.7 Å². The number of sulfonamides is 1. The molecule has 0 amide bonds. The van der Waals surface area contributed by atoms with Crippen LogP contribution in [0.5, 0.6) is 0 Å². The van der Waals surface area contributed by atoms with Gasteiger partial charge in [0.15, 0.2) is 0 Å². The molecule has 1 fully saturated rings. The zero-order valence-electron chi connectivity index (χ0n) is 16.6. The van der Waals surface area contributed by atoms with Crippen LogP contribution < -0.4 is 14.5 Å². The Labute approximate surface area is 174 Å². The average molecular weight is 432 g/mol. The topological polar surface area (TPSA) is 71.4 Å². The van der Waals surface area contributed by atoms with Gasteiger partial charge in [-0.3, -0.25) is 4.79 Å². The number of anilines is 1. The summed E-state index contributed by atoms with van der Waals surface area (Å²) in [4.78, 5) is 14.2. The molecule has 0 radical (unpaired) electrons. The molecule has 29 heavy (non-hydrogen) atoms. The summed E-state index contributed by atoms with van der Waals surface area (Å²) in [6.07, 6.45) is 2.49. The van der Waals surface area contributed by atoms with Gasteiger partial charge in [0.2, 0.25) is 10.0 Å². The molecule has 2 heterocycles. The fraction of sp³-hybridized carbons (Fsp3) is 0.381. The normalized spacial score (nSPS) is 17.7. The van der Waals surface area contributed by atoms with Crippen molar-refractivity contribution >= 4 is 37.3 Å². The number of nitrogens with one attached hydrogen (secondary N) is 1. The summed E-state index contributed by atoms with van der Waals surface area (Å²) in [7, 11) is -1.97. The quantitative estimate of drug-likeness (QED) is 0.673. The van der Waals surface area contributed by atoms with Crippen LogP contribution in [-0.2, 0) is 23.6 Å². The maximum Gasteiger partial charge on any atom is 0.307 e. The first kappa shape index (κ1) is 20.1. The van der Waals surface area contributed by atoms with Gasteiger partial charge in [0, 0.05) is 32.4 Å². The van der Waals surface area contributed by atoms with E-state index in [4.69, 9.17) is 0 Å². The summed E-state index contributed by atoms with van der Waals surface area (Å²) in [5, 5.41) is 0. The summed E-state index contributed by atoms with van der Waals surface area (Å²) < 4.78 is 30.2. The van der Waals surface area contributed by atoms with E-state index in [0.29, 0.717) is 10.6 Å². The second-order valence-electron chi connectivity index (χ2n) is 7.74. The summed E-state index contributed by atoms with van der Waals surface area (Å²) in [6, 6.07) is 12.9. The van der Waals surface area contributed by atoms with E-state index in [1.165, 1.54) is 29.2 Å². The standard InChI is InChI=1S/C21H25N3O3S2/c1-15-4-3-11-24(14-15)17-7-5-16(6-8-17)13-22-29(26,27)18-9-10-19-20(12-18)28-21(25)23(19)2/h5-10,12,15,22H,3-4,11,13-14H2,1-2H3/t15-/m1/s1. The third kappa shape index (κ3) is 4.24. The molecule has 8 heteroatoms. The van der Waals surface area contributed by atoms with Crippen LogP contribution in [0.1, 0.15) is 25.3 Å². The first-order chi connectivity index (χ1) is 13.8. The van der Waals surface area contributed by atoms with Crippen LogP contribution >= 0.6 is 11.3 Å². The van der Waals surface area contributed by atoms with Crippen LogP contribution in [-0.4, -0.2) is 26.1 Å². The first-order valence-electron chi connectivity index (χ1n) is 9.76. The van der Waals surface area contributed by atoms with E-state index >= 15 is 0 Å². The van der Waals surface area contributed by atoms with Gasteiger partial charge in [-0.15, -0.1) is 0 Å². The highest BCUT2D eigenvalue weighted by Gasteiger charge is 2.18. The van der Waals surface area contributed by atoms with Gasteiger partial charge < -0.3 is 9.47 Å². The van der Waals surface area contributed by atoms with Crippen molar-refractivity contribution in [2.75, 3.05) is 18.0 Å². The van der Waals surface area contributed by atoms with Gasteiger partial charge in [0.25, 0.3) is 0 Å². The molecular weight excluding hydrogens is 406 g/mol. The Morgan fingerprint density at radius 1 is 1.17 bits per heavy atom. The number of aromatic nitrogens is 1. The number of hydrogen-bond donors (Lipinski definition) is 1. The number of benzene rings is 2. The van der Waals surface area contributed by atoms with E-state index in [-0.39, 0.29) is 16.3 Å². The van der Waals surface area contributed by atoms with Crippen molar-refractivity contribution in [3.63, 3.8) is 0 Å². The number of thiazole rings is 1. The van der Waals surface area contributed by atoms with Gasteiger partial charge in [-0.25, -0.2) is 13.1 Å². The maximum atomic E-state index is 12.7. The van der Waals surface area contributed by atoms with Gasteiger partial charge >= 0.3 is 4.87 Å². The second-order valence-corrected chi connectivity index (χ2v) is 10.5. The average Bonchev–Trinajstić information content (AvgIpc) is 3.00. The van der Waals surface area contributed by atoms with Gasteiger partial charge in [0.05, 0.1) is 15.1 Å². The lowest BCUT2D eigenvalue weighted by atomic mass is 9.99. The number of aryl methyl sites for hydroxylation is 1. The SMILES string of the molecule is C[C@@H]1CCCN(c2ccc(CNS(=O)(=O)c3ccc4c(c3)sc(=O)n4C)cc2)C1. The van der Waals surface area contributed by atoms with Crippen molar-refractivity contribution in [2.45, 2.75) is 31.2 Å². The van der Waals surface area contributed by atoms with Crippen LogP contribution in [0.3, 0.4) is 0 Å². The van der Waals surface area contributed by atoms with E-state index in [0.717, 1.165) is 35.5 Å². The van der Waals surface area contributed by atoms with E-state index < -0.39 is 10.0 Å². The highest BCUT2D eigenvalue weighted by atomic mass is 32.2. The second kappa shape index (κ2) is 7.93. The van der Waals surface area contributed by atoms with Crippen molar-refractivity contribution < 1.29 is 8.42 Å². The smallest absolute Gasteiger partial charge is 0.307 e. The Balaban J connectivity index is 1.46. The molecule has 0 bridgehead atoms. The van der Waals surface area contributed by atoms with Crippen LogP contribution in [0.2, 0.25) is 0 Å². The Kier molecular flexibility index (Phi) is 5.50. The number of piperidine rings is 1. The molecule has 1 saturated heterocycles. The summed E-state index contributed by atoms with van der Waals surface area (Å²) in [5.74, 6) is 0.704. The zero-order valence-corrected chi connectivity index (χ0v) is 18.2. The van der Waals surface area contributed by atoms with Crippen molar-refractivity contribution in [3.05, 3.63) is 57.7 Å². The summed E-state index contributed by atoms with van der Waals surface area (Å²) >= 11 is 1.05. The van der Waals surface area contributed by atoms with Crippen molar-refractivity contribution in [2.24, 2.45) is 13.0 Å². The minimum atomic E-state index is -3.66. The molecule has 3 aromatic rings. The molecule has 1 aliphatic rings. The molecular formula is C21H25N3O3S2. The molecule has 4 rings (SSSR count). The first-order valence-corrected chi connectivity index (χ1v) is 12.1. The van der Waals surface area contributed by atoms with Crippen molar-refractivity contribution in [1.82, 2.24) is 9.29 Å². The Bertz CT molecular complexity index is 1180. The molecule has 0 spiro atoms. The van der Waals surface area contributed by atoms with Crippen LogP contribution in [0, 0.1) is 5.92 Å². The monoisotopic (exact) mass is 431 g/mol. The molecule has 1 N–H and O–H groups in total. The Morgan fingerprint density at radius 2 is 1.93 bits per heavy atom. The molecule has 1 atom stereocenters. The minimum absolute atomic E-state index is 0.106. The molecule has 2 aromatic carbocycles. The predicted octanol–water partition coefficient (Wildman–Crippen LogP) is 3.31. The summed E-state index contributed by atoms with van der Waals surface area (Å²) in [5.41, 5.74) is 2.84. The molecule has 0 saturated carbocycles. The van der Waals surface area contributed by atoms with E-state index in [2.05, 4.69) is 28.7 Å². The number of rotatable bonds is 5. The third-order valence-corrected chi connectivity index (χ3v) is 7.89. The lowest BCUT2D eigenvalue weighted by Crippen LogP contribution is -2.34. The van der Waals surface area contributed by atoms with E-state index in [1.807, 2.05) is 12.1 Å². The lowest BCUT2D eigenvalue weighted by Gasteiger charge is -2.32. The van der Waals surface area contributed by atoms with Gasteiger partial charge in [-0.1, -0.05) is 30.4 Å². The third-order valence-electron chi connectivity index (χ3n) is 5.50. The molecule has 1 aliphatic heterocycles. The molecule has 154 valence electrons. The Hall–Kier alpha value is -2.16. The lowest BCUT2D eigenvalue weighted by molar-refractivity contribution is 0.447. The van der Waals surface area contributed by atoms with E-state index in [9.17, 15) is 13.2 Å². The largest absolute Gasteiger partial charge is 0.371 e. The van der Waals surface area contributed by atoms with Gasteiger partial charge in [0.1, 0.15) is 0 Å². The number of hydrogen-bond acceptors (Lipinski definition) is 5. The molecule has 0 aliphatic carbocycles. The minimum Gasteiger partial charge on any atom is -0.371 e. The Morgan fingerprint density at radius 3 is 2.66 bits per heavy atom. The molecule has 6 nitrogen and oxygen atoms in total. The zero-order chi connectivity index (χ0) is 20.6. The van der Waals surface area contributed by atoms with Crippen molar-refractivity contribution in [1.29, 1.82) is 0 Å². The van der Waals surface area contributed by atoms with E-state index in [1.54, 1.807) is 19.2 Å². The van der Waals surface area contributed by atoms with Crippen LogP contribution in [0.15, 0.2) is 52.2 Å². The number of fused-ring (bicyclic) bond motifs is 1. The number of nitrogens with zero attached hydrogens (tertiary/aromatic N) is 2. The fourth-order valence-corrected chi connectivity index (χ4v) is 5.83. The maximum absolute atomic E-state index is 12.7. The molecule has 1 aromatic heterocycles. The van der Waals surface area contributed by atoms with Crippen LogP contribution in [0.4, 0.5) is 5.69 Å². The highest BCUT2D eigenvalue weighted by Crippen LogP contribution is 2.24. The molecule has 0 unspecified atom stereocenters. The van der Waals surface area contributed by atoms with Gasteiger partial charge in [-0.2, -0.15) is 0 Å². The highest BCUT2D eigenvalue weighted by molar-refractivity contribution is 7.89. The fourth-order valence-electron chi connectivity index (χ4n) is 3.79. The predicted molar refractivity (Wildman–Crippen MR) is 118 cm³/mol. The van der Waals surface area contributed by atoms with Crippen molar-refractivity contribution in [3.8, 4) is 0 Å². The van der Waals surface area contributed by atoms with Crippen LogP contribution in [0.25, 0.3) is 10.2 Å². The summed E-state index contributed by atoms with van der Waals surface area (Å²) in [6.45, 7) is 4.65.